The van der Waals surface area contributed by atoms with Crippen LogP contribution in [0.5, 0.6) is 0 Å². The molecule has 5 nitrogen and oxygen atoms in total. The molecule has 42 heavy (non-hydrogen) atoms. The van der Waals surface area contributed by atoms with E-state index in [1.807, 2.05) is 48.5 Å². The number of thiophene rings is 1. The van der Waals surface area contributed by atoms with Gasteiger partial charge in [0, 0.05) is 53.8 Å². The lowest BCUT2D eigenvalue weighted by molar-refractivity contribution is 0.672. The molecule has 4 aromatic heterocycles. The summed E-state index contributed by atoms with van der Waals surface area (Å²) >= 11 is 1.79. The molecule has 0 bridgehead atoms. The van der Waals surface area contributed by atoms with E-state index < -0.39 is 0 Å². The Morgan fingerprint density at radius 1 is 0.524 bits per heavy atom. The summed E-state index contributed by atoms with van der Waals surface area (Å²) < 4.78 is 8.87. The molecule has 0 radical (unpaired) electrons. The number of fused-ring (bicyclic) bond motifs is 8. The van der Waals surface area contributed by atoms with Gasteiger partial charge >= 0.3 is 0 Å². The van der Waals surface area contributed by atoms with Crippen molar-refractivity contribution in [1.82, 2.24) is 19.9 Å². The van der Waals surface area contributed by atoms with Crippen LogP contribution in [0.4, 0.5) is 0 Å². The Bertz CT molecular complexity index is 2480. The fourth-order valence-corrected chi connectivity index (χ4v) is 7.04. The van der Waals surface area contributed by atoms with Crippen molar-refractivity contribution in [2.45, 2.75) is 0 Å². The van der Waals surface area contributed by atoms with Gasteiger partial charge in [0.05, 0.1) is 0 Å². The average Bonchev–Trinajstić information content (AvgIpc) is 3.63. The van der Waals surface area contributed by atoms with Crippen LogP contribution in [0.3, 0.4) is 0 Å². The van der Waals surface area contributed by atoms with Gasteiger partial charge in [-0.3, -0.25) is 4.98 Å². The number of pyridine rings is 1. The van der Waals surface area contributed by atoms with E-state index >= 15 is 0 Å². The van der Waals surface area contributed by atoms with Gasteiger partial charge in [-0.05, 0) is 35.7 Å². The Labute approximate surface area is 243 Å². The molecule has 0 aliphatic carbocycles. The molecule has 196 valence electrons. The van der Waals surface area contributed by atoms with Gasteiger partial charge in [-0.15, -0.1) is 11.3 Å². The van der Waals surface area contributed by atoms with Crippen LogP contribution in [0.25, 0.3) is 87.2 Å². The highest BCUT2D eigenvalue weighted by Gasteiger charge is 2.20. The van der Waals surface area contributed by atoms with Crippen molar-refractivity contribution in [2.75, 3.05) is 0 Å². The van der Waals surface area contributed by atoms with E-state index in [9.17, 15) is 0 Å². The fraction of sp³-hybridized carbons (Fsp3) is 0. The number of rotatable bonds is 3. The van der Waals surface area contributed by atoms with Gasteiger partial charge < -0.3 is 4.42 Å². The molecule has 0 unspecified atom stereocenters. The predicted molar refractivity (Wildman–Crippen MR) is 172 cm³/mol. The number of benzene rings is 5. The summed E-state index contributed by atoms with van der Waals surface area (Å²) in [6, 6.07) is 39.2. The van der Waals surface area contributed by atoms with Crippen molar-refractivity contribution in [3.63, 3.8) is 0 Å². The first-order valence-electron chi connectivity index (χ1n) is 13.7. The third kappa shape index (κ3) is 3.49. The fourth-order valence-electron chi connectivity index (χ4n) is 5.90. The lowest BCUT2D eigenvalue weighted by Crippen LogP contribution is -2.00. The maximum absolute atomic E-state index is 6.42. The minimum Gasteiger partial charge on any atom is -0.454 e. The van der Waals surface area contributed by atoms with Gasteiger partial charge in [0.15, 0.2) is 23.1 Å². The van der Waals surface area contributed by atoms with E-state index in [0.29, 0.717) is 17.5 Å². The maximum Gasteiger partial charge on any atom is 0.164 e. The van der Waals surface area contributed by atoms with E-state index in [2.05, 4.69) is 71.7 Å². The minimum atomic E-state index is 0.599. The minimum absolute atomic E-state index is 0.599. The molecular formula is C36H20N4OS. The second-order valence-corrected chi connectivity index (χ2v) is 11.3. The normalized spacial score (nSPS) is 11.8. The SMILES string of the molecule is c1ccc(-c2nc(-c3cccc4sc5ccccc5c34)nc(-c3cccc4ccc5c6ncccc6oc5c34)n2)cc1. The molecule has 0 fully saturated rings. The summed E-state index contributed by atoms with van der Waals surface area (Å²) in [4.78, 5) is 19.9. The van der Waals surface area contributed by atoms with Crippen molar-refractivity contribution >= 4 is 64.4 Å². The number of furan rings is 1. The number of aromatic nitrogens is 4. The highest BCUT2D eigenvalue weighted by molar-refractivity contribution is 7.25. The predicted octanol–water partition coefficient (Wildman–Crippen LogP) is 9.69. The lowest BCUT2D eigenvalue weighted by atomic mass is 10.0. The van der Waals surface area contributed by atoms with Crippen molar-refractivity contribution in [3.05, 3.63) is 121 Å². The Morgan fingerprint density at radius 3 is 2.14 bits per heavy atom. The highest BCUT2D eigenvalue weighted by Crippen LogP contribution is 2.41. The van der Waals surface area contributed by atoms with E-state index in [-0.39, 0.29) is 0 Å². The Balaban J connectivity index is 1.38. The van der Waals surface area contributed by atoms with Gasteiger partial charge in [0.25, 0.3) is 0 Å². The van der Waals surface area contributed by atoms with Gasteiger partial charge in [0.1, 0.15) is 11.1 Å². The molecule has 0 N–H and O–H groups in total. The molecule has 0 aliphatic heterocycles. The maximum atomic E-state index is 6.42. The van der Waals surface area contributed by atoms with Gasteiger partial charge in [-0.2, -0.15) is 0 Å². The first kappa shape index (κ1) is 23.3. The second-order valence-electron chi connectivity index (χ2n) is 10.2. The molecule has 0 saturated carbocycles. The van der Waals surface area contributed by atoms with E-state index in [0.717, 1.165) is 54.9 Å². The molecule has 0 atom stereocenters. The largest absolute Gasteiger partial charge is 0.454 e. The average molecular weight is 557 g/mol. The second kappa shape index (κ2) is 9.03. The number of nitrogens with zero attached hydrogens (tertiary/aromatic N) is 4. The van der Waals surface area contributed by atoms with Crippen LogP contribution < -0.4 is 0 Å². The Hall–Kier alpha value is -5.46. The van der Waals surface area contributed by atoms with Crippen LogP contribution in [0.15, 0.2) is 126 Å². The molecule has 0 spiro atoms. The zero-order valence-electron chi connectivity index (χ0n) is 22.2. The molecule has 4 heterocycles. The van der Waals surface area contributed by atoms with Crippen LogP contribution >= 0.6 is 11.3 Å². The van der Waals surface area contributed by atoms with Crippen LogP contribution in [0.1, 0.15) is 0 Å². The molecule has 9 rings (SSSR count). The molecule has 0 aliphatic rings. The highest BCUT2D eigenvalue weighted by atomic mass is 32.1. The Kier molecular flexibility index (Phi) is 5.00. The third-order valence-electron chi connectivity index (χ3n) is 7.79. The summed E-state index contributed by atoms with van der Waals surface area (Å²) in [6.45, 7) is 0. The van der Waals surface area contributed by atoms with Gasteiger partial charge in [0.2, 0.25) is 0 Å². The van der Waals surface area contributed by atoms with Gasteiger partial charge in [-0.25, -0.2) is 15.0 Å². The zero-order chi connectivity index (χ0) is 27.6. The Morgan fingerprint density at radius 2 is 1.26 bits per heavy atom. The van der Waals surface area contributed by atoms with Crippen LogP contribution in [-0.2, 0) is 0 Å². The standard InChI is InChI=1S/C36H20N4OS/c1-2-9-22(10-3-1)34-38-35(40-36(39-34)25-14-7-17-29-31(25)23-12-4-5-16-28(23)42-29)24-13-6-11-21-18-19-26-32-27(15-8-20-37-32)41-33(26)30(21)24/h1-20H. The van der Waals surface area contributed by atoms with E-state index in [1.165, 1.54) is 14.8 Å². The monoisotopic (exact) mass is 556 g/mol. The van der Waals surface area contributed by atoms with Crippen LogP contribution in [0.2, 0.25) is 0 Å². The van der Waals surface area contributed by atoms with Crippen molar-refractivity contribution < 1.29 is 4.42 Å². The van der Waals surface area contributed by atoms with E-state index in [4.69, 9.17) is 19.4 Å². The molecule has 5 aromatic carbocycles. The number of hydrogen-bond donors (Lipinski definition) is 0. The first-order chi connectivity index (χ1) is 20.8. The number of hydrogen-bond acceptors (Lipinski definition) is 6. The summed E-state index contributed by atoms with van der Waals surface area (Å²) in [7, 11) is 0. The summed E-state index contributed by atoms with van der Waals surface area (Å²) in [6.07, 6.45) is 1.80. The first-order valence-corrected chi connectivity index (χ1v) is 14.5. The lowest BCUT2D eigenvalue weighted by Gasteiger charge is -2.11. The van der Waals surface area contributed by atoms with Crippen molar-refractivity contribution in [1.29, 1.82) is 0 Å². The third-order valence-corrected chi connectivity index (χ3v) is 8.92. The van der Waals surface area contributed by atoms with E-state index in [1.54, 1.807) is 17.5 Å². The summed E-state index contributed by atoms with van der Waals surface area (Å²) in [5, 5.41) is 5.35. The van der Waals surface area contributed by atoms with Crippen molar-refractivity contribution in [2.24, 2.45) is 0 Å². The summed E-state index contributed by atoms with van der Waals surface area (Å²) in [5.41, 5.74) is 5.20. The van der Waals surface area contributed by atoms with Crippen LogP contribution in [-0.4, -0.2) is 19.9 Å². The molecule has 0 saturated heterocycles. The van der Waals surface area contributed by atoms with Crippen molar-refractivity contribution in [3.8, 4) is 34.2 Å². The summed E-state index contributed by atoms with van der Waals surface area (Å²) in [5.74, 6) is 1.87. The zero-order valence-corrected chi connectivity index (χ0v) is 23.0. The molecular weight excluding hydrogens is 536 g/mol. The molecule has 9 aromatic rings. The quantitative estimate of drug-likeness (QED) is 0.217. The molecule has 0 amide bonds. The topological polar surface area (TPSA) is 64.7 Å². The van der Waals surface area contributed by atoms with Gasteiger partial charge in [-0.1, -0.05) is 84.9 Å². The smallest absolute Gasteiger partial charge is 0.164 e. The molecule has 6 heteroatoms. The van der Waals surface area contributed by atoms with Crippen LogP contribution in [0, 0.1) is 0 Å².